The number of para-hydroxylation sites is 1. The van der Waals surface area contributed by atoms with Gasteiger partial charge in [0.15, 0.2) is 0 Å². The van der Waals surface area contributed by atoms with Crippen LogP contribution in [0, 0.1) is 5.95 Å². The van der Waals surface area contributed by atoms with Gasteiger partial charge in [0.2, 0.25) is 5.95 Å². The molecule has 0 spiro atoms. The maximum atomic E-state index is 13.4. The Balaban J connectivity index is 2.44. The molecule has 4 rings (SSSR count). The normalized spacial score (nSPS) is 11.6. The highest BCUT2D eigenvalue weighted by molar-refractivity contribution is 6.09. The van der Waals surface area contributed by atoms with Crippen LogP contribution in [0.3, 0.4) is 0 Å². The third-order valence-electron chi connectivity index (χ3n) is 3.16. The first kappa shape index (κ1) is 9.53. The van der Waals surface area contributed by atoms with Gasteiger partial charge in [-0.15, -0.1) is 0 Å². The summed E-state index contributed by atoms with van der Waals surface area (Å²) in [4.78, 5) is 8.34. The molecule has 1 aromatic carbocycles. The van der Waals surface area contributed by atoms with Gasteiger partial charge in [-0.1, -0.05) is 18.2 Å². The SMILES string of the molecule is Fc1ccc2c(n1)c1ccccc1n1ccnc21. The highest BCUT2D eigenvalue weighted by Gasteiger charge is 2.10. The van der Waals surface area contributed by atoms with Crippen LogP contribution in [0.25, 0.3) is 27.5 Å². The zero-order valence-corrected chi connectivity index (χ0v) is 9.34. The molecule has 0 fully saturated rings. The van der Waals surface area contributed by atoms with Crippen LogP contribution >= 0.6 is 0 Å². The Morgan fingerprint density at radius 1 is 1.00 bits per heavy atom. The van der Waals surface area contributed by atoms with Gasteiger partial charge in [-0.05, 0) is 18.2 Å². The van der Waals surface area contributed by atoms with Crippen molar-refractivity contribution >= 4 is 27.5 Å². The molecule has 0 aliphatic carbocycles. The Hall–Kier alpha value is -2.49. The number of pyridine rings is 2. The smallest absolute Gasteiger partial charge is 0.213 e. The largest absolute Gasteiger partial charge is 0.299 e. The Labute approximate surface area is 102 Å². The first-order valence-corrected chi connectivity index (χ1v) is 5.64. The first-order valence-electron chi connectivity index (χ1n) is 5.64. The second-order valence-corrected chi connectivity index (χ2v) is 4.17. The average molecular weight is 237 g/mol. The lowest BCUT2D eigenvalue weighted by Crippen LogP contribution is -1.93. The summed E-state index contributed by atoms with van der Waals surface area (Å²) in [6, 6.07) is 10.9. The van der Waals surface area contributed by atoms with E-state index >= 15 is 0 Å². The van der Waals surface area contributed by atoms with E-state index in [-0.39, 0.29) is 0 Å². The van der Waals surface area contributed by atoms with Gasteiger partial charge in [-0.25, -0.2) is 9.97 Å². The molecule has 3 aromatic heterocycles. The zero-order valence-electron chi connectivity index (χ0n) is 9.34. The van der Waals surface area contributed by atoms with Gasteiger partial charge in [0.05, 0.1) is 11.0 Å². The van der Waals surface area contributed by atoms with E-state index in [4.69, 9.17) is 0 Å². The van der Waals surface area contributed by atoms with Crippen LogP contribution in [0.15, 0.2) is 48.8 Å². The highest BCUT2D eigenvalue weighted by atomic mass is 19.1. The number of fused-ring (bicyclic) bond motifs is 6. The molecule has 0 aliphatic heterocycles. The number of nitrogens with zero attached hydrogens (tertiary/aromatic N) is 3. The summed E-state index contributed by atoms with van der Waals surface area (Å²) in [6.07, 6.45) is 3.64. The van der Waals surface area contributed by atoms with E-state index in [2.05, 4.69) is 9.97 Å². The Morgan fingerprint density at radius 3 is 2.83 bits per heavy atom. The van der Waals surface area contributed by atoms with E-state index in [1.54, 1.807) is 12.3 Å². The number of hydrogen-bond donors (Lipinski definition) is 0. The molecule has 3 nitrogen and oxygen atoms in total. The lowest BCUT2D eigenvalue weighted by Gasteiger charge is -2.06. The number of benzene rings is 1. The van der Waals surface area contributed by atoms with Crippen LogP contribution < -0.4 is 0 Å². The molecule has 0 unspecified atom stereocenters. The number of imidazole rings is 1. The molecule has 4 heteroatoms. The van der Waals surface area contributed by atoms with Crippen LogP contribution in [-0.2, 0) is 0 Å². The molecular weight excluding hydrogens is 229 g/mol. The summed E-state index contributed by atoms with van der Waals surface area (Å²) in [5.41, 5.74) is 2.44. The van der Waals surface area contributed by atoms with E-state index in [1.165, 1.54) is 6.07 Å². The van der Waals surface area contributed by atoms with Gasteiger partial charge in [-0.3, -0.25) is 4.40 Å². The summed E-state index contributed by atoms with van der Waals surface area (Å²) in [6.45, 7) is 0. The van der Waals surface area contributed by atoms with Crippen molar-refractivity contribution in [1.82, 2.24) is 14.4 Å². The summed E-state index contributed by atoms with van der Waals surface area (Å²) in [5, 5.41) is 1.79. The number of hydrogen-bond acceptors (Lipinski definition) is 2. The Bertz CT molecular complexity index is 895. The van der Waals surface area contributed by atoms with Gasteiger partial charge in [0.25, 0.3) is 0 Å². The average Bonchev–Trinajstić information content (AvgIpc) is 2.88. The molecule has 0 amide bonds. The molecule has 0 aliphatic rings. The van der Waals surface area contributed by atoms with Gasteiger partial charge in [0, 0.05) is 23.2 Å². The van der Waals surface area contributed by atoms with Gasteiger partial charge in [0.1, 0.15) is 5.65 Å². The van der Waals surface area contributed by atoms with Crippen molar-refractivity contribution in [2.75, 3.05) is 0 Å². The molecule has 0 radical (unpaired) electrons. The number of aromatic nitrogens is 3. The van der Waals surface area contributed by atoms with Crippen molar-refractivity contribution < 1.29 is 4.39 Å². The van der Waals surface area contributed by atoms with Crippen molar-refractivity contribution in [1.29, 1.82) is 0 Å². The van der Waals surface area contributed by atoms with E-state index in [0.717, 1.165) is 21.9 Å². The predicted molar refractivity (Wildman–Crippen MR) is 68.0 cm³/mol. The van der Waals surface area contributed by atoms with Crippen molar-refractivity contribution in [3.05, 3.63) is 54.7 Å². The molecule has 0 atom stereocenters. The van der Waals surface area contributed by atoms with Crippen LogP contribution in [0.5, 0.6) is 0 Å². The van der Waals surface area contributed by atoms with Crippen LogP contribution in [0.2, 0.25) is 0 Å². The minimum Gasteiger partial charge on any atom is -0.299 e. The molecule has 0 saturated carbocycles. The van der Waals surface area contributed by atoms with Crippen molar-refractivity contribution in [3.63, 3.8) is 0 Å². The van der Waals surface area contributed by atoms with E-state index in [9.17, 15) is 4.39 Å². The third kappa shape index (κ3) is 1.12. The standard InChI is InChI=1S/C14H8FN3/c15-12-6-5-10-13(17-12)9-3-1-2-4-11(9)18-8-7-16-14(10)18/h1-8H. The van der Waals surface area contributed by atoms with Crippen molar-refractivity contribution in [3.8, 4) is 0 Å². The van der Waals surface area contributed by atoms with Crippen LogP contribution in [0.1, 0.15) is 0 Å². The summed E-state index contributed by atoms with van der Waals surface area (Å²) < 4.78 is 15.3. The lowest BCUT2D eigenvalue weighted by molar-refractivity contribution is 0.589. The van der Waals surface area contributed by atoms with Crippen LogP contribution in [0.4, 0.5) is 4.39 Å². The fourth-order valence-electron chi connectivity index (χ4n) is 2.40. The second-order valence-electron chi connectivity index (χ2n) is 4.17. The predicted octanol–water partition coefficient (Wildman–Crippen LogP) is 3.17. The lowest BCUT2D eigenvalue weighted by atomic mass is 10.1. The quantitative estimate of drug-likeness (QED) is 0.347. The van der Waals surface area contributed by atoms with Gasteiger partial charge >= 0.3 is 0 Å². The van der Waals surface area contributed by atoms with E-state index < -0.39 is 5.95 Å². The minimum absolute atomic E-state index is 0.469. The first-order chi connectivity index (χ1) is 8.84. The van der Waals surface area contributed by atoms with Crippen LogP contribution in [-0.4, -0.2) is 14.4 Å². The van der Waals surface area contributed by atoms with Crippen molar-refractivity contribution in [2.45, 2.75) is 0 Å². The summed E-state index contributed by atoms with van der Waals surface area (Å²) in [7, 11) is 0. The minimum atomic E-state index is -0.469. The molecule has 0 bridgehead atoms. The third-order valence-corrected chi connectivity index (χ3v) is 3.16. The summed E-state index contributed by atoms with van der Waals surface area (Å²) in [5.74, 6) is -0.469. The fourth-order valence-corrected chi connectivity index (χ4v) is 2.40. The Morgan fingerprint density at radius 2 is 1.89 bits per heavy atom. The summed E-state index contributed by atoms with van der Waals surface area (Å²) >= 11 is 0. The second kappa shape index (κ2) is 3.26. The fraction of sp³-hybridized carbons (Fsp3) is 0. The molecule has 3 heterocycles. The molecule has 4 aromatic rings. The highest BCUT2D eigenvalue weighted by Crippen LogP contribution is 2.27. The molecule has 0 saturated heterocycles. The molecule has 0 N–H and O–H groups in total. The topological polar surface area (TPSA) is 30.2 Å². The zero-order chi connectivity index (χ0) is 12.1. The number of rotatable bonds is 0. The molecular formula is C14H8FN3. The maximum Gasteiger partial charge on any atom is 0.213 e. The Kier molecular flexibility index (Phi) is 1.73. The maximum absolute atomic E-state index is 13.4. The van der Waals surface area contributed by atoms with Gasteiger partial charge in [-0.2, -0.15) is 4.39 Å². The molecule has 18 heavy (non-hydrogen) atoms. The van der Waals surface area contributed by atoms with Crippen molar-refractivity contribution in [2.24, 2.45) is 0 Å². The molecule has 86 valence electrons. The van der Waals surface area contributed by atoms with E-state index in [0.29, 0.717) is 5.52 Å². The number of halogens is 1. The van der Waals surface area contributed by atoms with Gasteiger partial charge < -0.3 is 0 Å². The monoisotopic (exact) mass is 237 g/mol. The van der Waals surface area contributed by atoms with E-state index in [1.807, 2.05) is 34.9 Å².